The van der Waals surface area contributed by atoms with E-state index in [0.29, 0.717) is 11.8 Å². The van der Waals surface area contributed by atoms with Gasteiger partial charge in [0.15, 0.2) is 0 Å². The van der Waals surface area contributed by atoms with Crippen LogP contribution in [-0.4, -0.2) is 30.3 Å². The predicted molar refractivity (Wildman–Crippen MR) is 92.0 cm³/mol. The highest BCUT2D eigenvalue weighted by Crippen LogP contribution is 2.21. The minimum absolute atomic E-state index is 0.102. The molecule has 0 aliphatic carbocycles. The van der Waals surface area contributed by atoms with E-state index in [1.807, 2.05) is 0 Å². The summed E-state index contributed by atoms with van der Waals surface area (Å²) in [5.41, 5.74) is 17.2. The van der Waals surface area contributed by atoms with Gasteiger partial charge in [-0.1, -0.05) is 46.0 Å². The Labute approximate surface area is 131 Å². The second kappa shape index (κ2) is 13.5. The van der Waals surface area contributed by atoms with Gasteiger partial charge in [0.05, 0.1) is 6.10 Å². The summed E-state index contributed by atoms with van der Waals surface area (Å²) in [6.07, 6.45) is 9.61. The van der Waals surface area contributed by atoms with Crippen molar-refractivity contribution in [3.05, 3.63) is 0 Å². The first kappa shape index (κ1) is 20.8. The average Bonchev–Trinajstić information content (AvgIpc) is 2.47. The van der Waals surface area contributed by atoms with Gasteiger partial charge in [-0.2, -0.15) is 0 Å². The number of aliphatic hydroxyl groups is 1. The molecule has 0 rings (SSSR count). The highest BCUT2D eigenvalue weighted by Gasteiger charge is 2.22. The normalized spacial score (nSPS) is 17.4. The molecule has 0 aromatic rings. The van der Waals surface area contributed by atoms with Gasteiger partial charge in [0.25, 0.3) is 0 Å². The van der Waals surface area contributed by atoms with E-state index in [4.69, 9.17) is 17.2 Å². The predicted octanol–water partition coefficient (Wildman–Crippen LogP) is 2.38. The molecule has 0 spiro atoms. The molecular weight excluding hydrogens is 262 g/mol. The van der Waals surface area contributed by atoms with Gasteiger partial charge in [-0.3, -0.25) is 0 Å². The Kier molecular flexibility index (Phi) is 13.4. The van der Waals surface area contributed by atoms with Crippen molar-refractivity contribution in [1.82, 2.24) is 0 Å². The molecule has 4 atom stereocenters. The molecule has 128 valence electrons. The number of aliphatic hydroxyl groups excluding tert-OH is 1. The first-order chi connectivity index (χ1) is 10.0. The molecule has 7 N–H and O–H groups in total. The van der Waals surface area contributed by atoms with Crippen LogP contribution in [0.15, 0.2) is 0 Å². The molecule has 0 bridgehead atoms. The SMILES string of the molecule is CC(CCCCCN)CC(O)C(N)C(C)CCCCCN. The Bertz CT molecular complexity index is 226. The van der Waals surface area contributed by atoms with Gasteiger partial charge in [0.1, 0.15) is 0 Å². The fraction of sp³-hybridized carbons (Fsp3) is 1.00. The van der Waals surface area contributed by atoms with Crippen LogP contribution in [0.5, 0.6) is 0 Å². The maximum Gasteiger partial charge on any atom is 0.0696 e. The lowest BCUT2D eigenvalue weighted by atomic mass is 9.87. The van der Waals surface area contributed by atoms with Crippen LogP contribution < -0.4 is 17.2 Å². The number of hydrogen-bond acceptors (Lipinski definition) is 4. The Morgan fingerprint density at radius 2 is 1.33 bits per heavy atom. The van der Waals surface area contributed by atoms with Crippen molar-refractivity contribution in [3.8, 4) is 0 Å². The molecule has 0 fully saturated rings. The van der Waals surface area contributed by atoms with Crippen molar-refractivity contribution < 1.29 is 5.11 Å². The summed E-state index contributed by atoms with van der Waals surface area (Å²) in [4.78, 5) is 0. The Balaban J connectivity index is 3.82. The molecule has 0 aromatic carbocycles. The van der Waals surface area contributed by atoms with E-state index in [2.05, 4.69) is 13.8 Å². The summed E-state index contributed by atoms with van der Waals surface area (Å²) in [6.45, 7) is 5.92. The van der Waals surface area contributed by atoms with Gasteiger partial charge in [-0.05, 0) is 50.6 Å². The molecule has 0 heterocycles. The molecule has 0 aliphatic rings. The number of unbranched alkanes of at least 4 members (excludes halogenated alkanes) is 4. The Morgan fingerprint density at radius 1 is 0.810 bits per heavy atom. The monoisotopic (exact) mass is 301 g/mol. The van der Waals surface area contributed by atoms with Crippen LogP contribution >= 0.6 is 0 Å². The summed E-state index contributed by atoms with van der Waals surface area (Å²) in [5, 5.41) is 10.3. The van der Waals surface area contributed by atoms with E-state index in [1.165, 1.54) is 19.3 Å². The molecule has 0 aliphatic heterocycles. The lowest BCUT2D eigenvalue weighted by Crippen LogP contribution is -2.41. The quantitative estimate of drug-likeness (QED) is 0.370. The van der Waals surface area contributed by atoms with Crippen molar-refractivity contribution >= 4 is 0 Å². The van der Waals surface area contributed by atoms with E-state index in [9.17, 15) is 5.11 Å². The number of hydrogen-bond donors (Lipinski definition) is 4. The van der Waals surface area contributed by atoms with Gasteiger partial charge in [-0.15, -0.1) is 0 Å². The minimum atomic E-state index is -0.376. The largest absolute Gasteiger partial charge is 0.391 e. The van der Waals surface area contributed by atoms with Crippen molar-refractivity contribution in [2.24, 2.45) is 29.0 Å². The lowest BCUT2D eigenvalue weighted by Gasteiger charge is -2.27. The minimum Gasteiger partial charge on any atom is -0.391 e. The zero-order valence-electron chi connectivity index (χ0n) is 14.3. The number of rotatable bonds is 14. The first-order valence-electron chi connectivity index (χ1n) is 8.86. The van der Waals surface area contributed by atoms with Crippen LogP contribution in [0.3, 0.4) is 0 Å². The summed E-state index contributed by atoms with van der Waals surface area (Å²) >= 11 is 0. The van der Waals surface area contributed by atoms with E-state index in [-0.39, 0.29) is 12.1 Å². The topological polar surface area (TPSA) is 98.3 Å². The van der Waals surface area contributed by atoms with Gasteiger partial charge in [0.2, 0.25) is 0 Å². The summed E-state index contributed by atoms with van der Waals surface area (Å²) in [7, 11) is 0. The van der Waals surface area contributed by atoms with Crippen LogP contribution in [0.25, 0.3) is 0 Å². The Hall–Kier alpha value is -0.160. The van der Waals surface area contributed by atoms with Crippen LogP contribution in [0.1, 0.15) is 71.6 Å². The molecule has 21 heavy (non-hydrogen) atoms. The number of nitrogens with two attached hydrogens (primary N) is 3. The second-order valence-corrected chi connectivity index (χ2v) is 6.74. The highest BCUT2D eigenvalue weighted by molar-refractivity contribution is 4.79. The van der Waals surface area contributed by atoms with E-state index < -0.39 is 0 Å². The Morgan fingerprint density at radius 3 is 1.86 bits per heavy atom. The second-order valence-electron chi connectivity index (χ2n) is 6.74. The summed E-state index contributed by atoms with van der Waals surface area (Å²) in [6, 6.07) is -0.102. The molecule has 0 saturated heterocycles. The maximum atomic E-state index is 10.3. The first-order valence-corrected chi connectivity index (χ1v) is 8.86. The lowest BCUT2D eigenvalue weighted by molar-refractivity contribution is 0.0925. The van der Waals surface area contributed by atoms with Crippen LogP contribution in [0, 0.1) is 11.8 Å². The molecule has 0 radical (unpaired) electrons. The smallest absolute Gasteiger partial charge is 0.0696 e. The van der Waals surface area contributed by atoms with Gasteiger partial charge in [0, 0.05) is 6.04 Å². The molecule has 0 saturated carbocycles. The standard InChI is InChI=1S/C17H39N3O/c1-14(9-5-3-7-11-18)13-16(21)17(20)15(2)10-6-4-8-12-19/h14-17,21H,3-13,18-20H2,1-2H3. The summed E-state index contributed by atoms with van der Waals surface area (Å²) < 4.78 is 0. The highest BCUT2D eigenvalue weighted by atomic mass is 16.3. The van der Waals surface area contributed by atoms with Crippen molar-refractivity contribution in [2.75, 3.05) is 13.1 Å². The molecule has 4 unspecified atom stereocenters. The third kappa shape index (κ3) is 11.1. The molecule has 0 amide bonds. The summed E-state index contributed by atoms with van der Waals surface area (Å²) in [5.74, 6) is 0.912. The van der Waals surface area contributed by atoms with E-state index in [0.717, 1.165) is 51.6 Å². The zero-order valence-corrected chi connectivity index (χ0v) is 14.3. The zero-order chi connectivity index (χ0) is 16.1. The van der Waals surface area contributed by atoms with E-state index in [1.54, 1.807) is 0 Å². The van der Waals surface area contributed by atoms with Crippen molar-refractivity contribution in [3.63, 3.8) is 0 Å². The van der Waals surface area contributed by atoms with Gasteiger partial charge in [-0.25, -0.2) is 0 Å². The fourth-order valence-corrected chi connectivity index (χ4v) is 2.86. The van der Waals surface area contributed by atoms with Crippen LogP contribution in [0.4, 0.5) is 0 Å². The van der Waals surface area contributed by atoms with Crippen molar-refractivity contribution in [2.45, 2.75) is 83.8 Å². The van der Waals surface area contributed by atoms with E-state index >= 15 is 0 Å². The van der Waals surface area contributed by atoms with Gasteiger partial charge >= 0.3 is 0 Å². The van der Waals surface area contributed by atoms with Gasteiger partial charge < -0.3 is 22.3 Å². The molecule has 0 aromatic heterocycles. The average molecular weight is 302 g/mol. The third-order valence-electron chi connectivity index (χ3n) is 4.51. The maximum absolute atomic E-state index is 10.3. The van der Waals surface area contributed by atoms with Crippen LogP contribution in [-0.2, 0) is 0 Å². The van der Waals surface area contributed by atoms with Crippen LogP contribution in [0.2, 0.25) is 0 Å². The molecule has 4 heteroatoms. The third-order valence-corrected chi connectivity index (χ3v) is 4.51. The fourth-order valence-electron chi connectivity index (χ4n) is 2.86. The molecule has 4 nitrogen and oxygen atoms in total. The molecular formula is C17H39N3O. The van der Waals surface area contributed by atoms with Crippen molar-refractivity contribution in [1.29, 1.82) is 0 Å².